The van der Waals surface area contributed by atoms with Crippen LogP contribution in [0.5, 0.6) is 0 Å². The Hall–Kier alpha value is -1.83. The second-order valence-electron chi connectivity index (χ2n) is 9.15. The molecular weight excluding hydrogens is 390 g/mol. The van der Waals surface area contributed by atoms with Crippen molar-refractivity contribution in [3.63, 3.8) is 0 Å². The summed E-state index contributed by atoms with van der Waals surface area (Å²) >= 11 is 0. The molecule has 8 heteroatoms. The van der Waals surface area contributed by atoms with Crippen LogP contribution in [0, 0.1) is 11.8 Å². The Bertz CT molecular complexity index is 552. The SMILES string of the molecule is CCOC(=O)C(COCC(CCCC(C)C)OC(=O)C1CC1)NC(=O)OC(C)(C)C. The Morgan fingerprint density at radius 3 is 2.27 bits per heavy atom. The highest BCUT2D eigenvalue weighted by Gasteiger charge is 2.33. The van der Waals surface area contributed by atoms with Crippen molar-refractivity contribution in [1.82, 2.24) is 5.32 Å². The fourth-order valence-electron chi connectivity index (χ4n) is 2.69. The maximum absolute atomic E-state index is 12.2. The highest BCUT2D eigenvalue weighted by molar-refractivity contribution is 5.81. The van der Waals surface area contributed by atoms with E-state index in [-0.39, 0.29) is 37.8 Å². The highest BCUT2D eigenvalue weighted by atomic mass is 16.6. The van der Waals surface area contributed by atoms with Crippen molar-refractivity contribution in [1.29, 1.82) is 0 Å². The normalized spacial score (nSPS) is 16.0. The van der Waals surface area contributed by atoms with Crippen LogP contribution in [-0.4, -0.2) is 55.6 Å². The van der Waals surface area contributed by atoms with Gasteiger partial charge in [0.25, 0.3) is 0 Å². The van der Waals surface area contributed by atoms with Gasteiger partial charge in [-0.2, -0.15) is 0 Å². The van der Waals surface area contributed by atoms with E-state index >= 15 is 0 Å². The molecule has 0 radical (unpaired) electrons. The van der Waals surface area contributed by atoms with Gasteiger partial charge in [0.1, 0.15) is 11.7 Å². The molecule has 1 aliphatic carbocycles. The molecule has 0 aromatic carbocycles. The van der Waals surface area contributed by atoms with Crippen LogP contribution in [0.1, 0.15) is 73.6 Å². The second kappa shape index (κ2) is 12.8. The van der Waals surface area contributed by atoms with E-state index < -0.39 is 23.7 Å². The molecule has 1 fully saturated rings. The molecule has 0 saturated heterocycles. The van der Waals surface area contributed by atoms with Crippen molar-refractivity contribution in [2.45, 2.75) is 91.4 Å². The molecule has 0 aromatic rings. The smallest absolute Gasteiger partial charge is 0.408 e. The Labute approximate surface area is 180 Å². The van der Waals surface area contributed by atoms with Gasteiger partial charge in [-0.25, -0.2) is 9.59 Å². The minimum atomic E-state index is -1.00. The van der Waals surface area contributed by atoms with E-state index in [0.29, 0.717) is 12.3 Å². The molecule has 0 aromatic heterocycles. The zero-order valence-corrected chi connectivity index (χ0v) is 19.3. The average molecular weight is 430 g/mol. The first kappa shape index (κ1) is 26.2. The number of nitrogens with one attached hydrogen (secondary N) is 1. The van der Waals surface area contributed by atoms with Gasteiger partial charge in [0.15, 0.2) is 6.04 Å². The molecule has 1 rings (SSSR count). The summed E-state index contributed by atoms with van der Waals surface area (Å²) in [7, 11) is 0. The monoisotopic (exact) mass is 429 g/mol. The summed E-state index contributed by atoms with van der Waals surface area (Å²) in [6.07, 6.45) is 3.30. The molecule has 174 valence electrons. The molecule has 1 saturated carbocycles. The van der Waals surface area contributed by atoms with Crippen LogP contribution in [0.2, 0.25) is 0 Å². The highest BCUT2D eigenvalue weighted by Crippen LogP contribution is 2.31. The maximum atomic E-state index is 12.2. The van der Waals surface area contributed by atoms with Crippen LogP contribution in [0.15, 0.2) is 0 Å². The quantitative estimate of drug-likeness (QED) is 0.353. The summed E-state index contributed by atoms with van der Waals surface area (Å²) in [5.74, 6) is -0.202. The largest absolute Gasteiger partial charge is 0.464 e. The van der Waals surface area contributed by atoms with E-state index in [1.807, 2.05) is 0 Å². The molecule has 1 aliphatic rings. The topological polar surface area (TPSA) is 100 Å². The number of carbonyl (C=O) groups is 3. The first-order chi connectivity index (χ1) is 14.0. The summed E-state index contributed by atoms with van der Waals surface area (Å²) < 4.78 is 21.5. The lowest BCUT2D eigenvalue weighted by atomic mass is 10.0. The van der Waals surface area contributed by atoms with Gasteiger partial charge in [0, 0.05) is 0 Å². The Balaban J connectivity index is 2.59. The molecule has 2 unspecified atom stereocenters. The molecule has 1 amide bonds. The van der Waals surface area contributed by atoms with Crippen molar-refractivity contribution in [3.05, 3.63) is 0 Å². The van der Waals surface area contributed by atoms with Crippen LogP contribution >= 0.6 is 0 Å². The summed E-state index contributed by atoms with van der Waals surface area (Å²) in [4.78, 5) is 36.3. The minimum Gasteiger partial charge on any atom is -0.464 e. The van der Waals surface area contributed by atoms with Gasteiger partial charge < -0.3 is 24.3 Å². The third kappa shape index (κ3) is 12.0. The third-order valence-corrected chi connectivity index (χ3v) is 4.35. The molecule has 2 atom stereocenters. The van der Waals surface area contributed by atoms with Gasteiger partial charge in [-0.3, -0.25) is 4.79 Å². The summed E-state index contributed by atoms with van der Waals surface area (Å²) in [6, 6.07) is -1.00. The van der Waals surface area contributed by atoms with Crippen LogP contribution in [-0.2, 0) is 28.5 Å². The number of carbonyl (C=O) groups excluding carboxylic acids is 3. The van der Waals surface area contributed by atoms with Crippen LogP contribution in [0.4, 0.5) is 4.79 Å². The van der Waals surface area contributed by atoms with Crippen molar-refractivity contribution < 1.29 is 33.3 Å². The fourth-order valence-corrected chi connectivity index (χ4v) is 2.69. The first-order valence-corrected chi connectivity index (χ1v) is 11.0. The van der Waals surface area contributed by atoms with Gasteiger partial charge in [-0.15, -0.1) is 0 Å². The molecule has 0 bridgehead atoms. The van der Waals surface area contributed by atoms with Gasteiger partial charge in [-0.05, 0) is 59.3 Å². The zero-order chi connectivity index (χ0) is 22.7. The lowest BCUT2D eigenvalue weighted by Gasteiger charge is -2.24. The Morgan fingerprint density at radius 2 is 1.73 bits per heavy atom. The third-order valence-electron chi connectivity index (χ3n) is 4.35. The first-order valence-electron chi connectivity index (χ1n) is 11.0. The number of alkyl carbamates (subject to hydrolysis) is 1. The Kier molecular flexibility index (Phi) is 11.2. The molecule has 1 N–H and O–H groups in total. The van der Waals surface area contributed by atoms with Crippen molar-refractivity contribution in [3.8, 4) is 0 Å². The second-order valence-corrected chi connectivity index (χ2v) is 9.15. The molecule has 8 nitrogen and oxygen atoms in total. The summed E-state index contributed by atoms with van der Waals surface area (Å²) in [5, 5.41) is 2.49. The van der Waals surface area contributed by atoms with E-state index in [9.17, 15) is 14.4 Å². The predicted octanol–water partition coefficient (Wildman–Crippen LogP) is 3.61. The molecule has 30 heavy (non-hydrogen) atoms. The van der Waals surface area contributed by atoms with E-state index in [1.165, 1.54) is 0 Å². The van der Waals surface area contributed by atoms with E-state index in [4.69, 9.17) is 18.9 Å². The molecule has 0 spiro atoms. The fraction of sp³-hybridized carbons (Fsp3) is 0.864. The maximum Gasteiger partial charge on any atom is 0.408 e. The lowest BCUT2D eigenvalue weighted by Crippen LogP contribution is -2.47. The summed E-state index contributed by atoms with van der Waals surface area (Å²) in [6.45, 7) is 11.4. The van der Waals surface area contributed by atoms with Gasteiger partial charge in [-0.1, -0.05) is 20.3 Å². The number of ether oxygens (including phenoxy) is 4. The van der Waals surface area contributed by atoms with Crippen LogP contribution < -0.4 is 5.32 Å². The van der Waals surface area contributed by atoms with Gasteiger partial charge in [0.2, 0.25) is 0 Å². The van der Waals surface area contributed by atoms with Crippen molar-refractivity contribution >= 4 is 18.0 Å². The van der Waals surface area contributed by atoms with E-state index in [2.05, 4.69) is 19.2 Å². The lowest BCUT2D eigenvalue weighted by molar-refractivity contribution is -0.156. The van der Waals surface area contributed by atoms with Crippen molar-refractivity contribution in [2.24, 2.45) is 11.8 Å². The van der Waals surface area contributed by atoms with Gasteiger partial charge >= 0.3 is 18.0 Å². The van der Waals surface area contributed by atoms with E-state index in [0.717, 1.165) is 25.7 Å². The standard InChI is InChI=1S/C22H39NO7/c1-7-28-20(25)18(23-21(26)30-22(4,5)6)14-27-13-17(10-8-9-15(2)3)29-19(24)16-11-12-16/h15-18H,7-14H2,1-6H3,(H,23,26). The number of amides is 1. The van der Waals surface area contributed by atoms with Crippen molar-refractivity contribution in [2.75, 3.05) is 19.8 Å². The zero-order valence-electron chi connectivity index (χ0n) is 19.3. The molecule has 0 heterocycles. The van der Waals surface area contributed by atoms with Crippen LogP contribution in [0.25, 0.3) is 0 Å². The predicted molar refractivity (Wildman–Crippen MR) is 112 cm³/mol. The van der Waals surface area contributed by atoms with E-state index in [1.54, 1.807) is 27.7 Å². The number of hydrogen-bond acceptors (Lipinski definition) is 7. The number of rotatable bonds is 13. The van der Waals surface area contributed by atoms with Crippen LogP contribution in [0.3, 0.4) is 0 Å². The Morgan fingerprint density at radius 1 is 1.07 bits per heavy atom. The number of esters is 2. The molecule has 0 aliphatic heterocycles. The molecular formula is C22H39NO7. The minimum absolute atomic E-state index is 0.0127. The average Bonchev–Trinajstić information content (AvgIpc) is 3.44. The summed E-state index contributed by atoms with van der Waals surface area (Å²) in [5.41, 5.74) is -0.692. The van der Waals surface area contributed by atoms with Gasteiger partial charge in [0.05, 0.1) is 25.7 Å². The number of hydrogen-bond donors (Lipinski definition) is 1.